The monoisotopic (exact) mass is 887 g/mol. The first-order chi connectivity index (χ1) is 33.2. The van der Waals surface area contributed by atoms with Crippen LogP contribution < -0.4 is 4.90 Å². The summed E-state index contributed by atoms with van der Waals surface area (Å²) in [5.41, 5.74) is 23.8. The van der Waals surface area contributed by atoms with Crippen molar-refractivity contribution < 1.29 is 0 Å². The maximum Gasteiger partial charge on any atom is 0.0543 e. The number of hydrogen-bond donors (Lipinski definition) is 0. The molecule has 1 aromatic heterocycles. The van der Waals surface area contributed by atoms with Crippen LogP contribution in [0.25, 0.3) is 86.9 Å². The van der Waals surface area contributed by atoms with Crippen molar-refractivity contribution in [2.75, 3.05) is 4.90 Å². The molecule has 1 nitrogen and oxygen atoms in total. The minimum Gasteiger partial charge on any atom is -0.310 e. The molecule has 2 aliphatic rings. The Morgan fingerprint density at radius 3 is 1.59 bits per heavy atom. The zero-order chi connectivity index (χ0) is 45.7. The van der Waals surface area contributed by atoms with Gasteiger partial charge in [0.25, 0.3) is 0 Å². The fraction of sp³-hybridized carbons (Fsp3) is 0.0909. The average Bonchev–Trinajstić information content (AvgIpc) is 3.96. The van der Waals surface area contributed by atoms with E-state index in [4.69, 9.17) is 0 Å². The molecule has 13 rings (SSSR count). The molecule has 2 aliphatic carbocycles. The Kier molecular flexibility index (Phi) is 9.16. The average molecular weight is 888 g/mol. The lowest BCUT2D eigenvalue weighted by Gasteiger charge is -2.29. The van der Waals surface area contributed by atoms with E-state index >= 15 is 0 Å². The Morgan fingerprint density at radius 2 is 0.853 bits per heavy atom. The number of rotatable bonds is 7. The van der Waals surface area contributed by atoms with E-state index in [0.29, 0.717) is 0 Å². The molecule has 11 aromatic rings. The predicted octanol–water partition coefficient (Wildman–Crippen LogP) is 18.8. The molecule has 68 heavy (non-hydrogen) atoms. The second-order valence-electron chi connectivity index (χ2n) is 19.7. The molecule has 0 amide bonds. The third-order valence-corrected chi connectivity index (χ3v) is 16.2. The van der Waals surface area contributed by atoms with Gasteiger partial charge in [0.1, 0.15) is 0 Å². The number of benzene rings is 10. The normalized spacial score (nSPS) is 13.8. The van der Waals surface area contributed by atoms with Gasteiger partial charge in [0.05, 0.1) is 5.69 Å². The van der Waals surface area contributed by atoms with E-state index in [2.05, 4.69) is 257 Å². The fourth-order valence-electron chi connectivity index (χ4n) is 11.7. The molecule has 0 unspecified atom stereocenters. The highest BCUT2D eigenvalue weighted by molar-refractivity contribution is 7.25. The van der Waals surface area contributed by atoms with Crippen LogP contribution in [0.1, 0.15) is 49.9 Å². The quantitative estimate of drug-likeness (QED) is 0.154. The van der Waals surface area contributed by atoms with Crippen molar-refractivity contribution >= 4 is 48.6 Å². The summed E-state index contributed by atoms with van der Waals surface area (Å²) in [5, 5.41) is 2.65. The van der Waals surface area contributed by atoms with Crippen LogP contribution in [0.15, 0.2) is 224 Å². The highest BCUT2D eigenvalue weighted by Gasteiger charge is 2.39. The molecular formula is C66H49NS. The number of hydrogen-bond acceptors (Lipinski definition) is 2. The van der Waals surface area contributed by atoms with Crippen molar-refractivity contribution in [2.45, 2.75) is 38.5 Å². The van der Waals surface area contributed by atoms with E-state index in [1.165, 1.54) is 115 Å². The molecule has 0 saturated carbocycles. The summed E-state index contributed by atoms with van der Waals surface area (Å²) in [6.45, 7) is 9.52. The fourth-order valence-corrected chi connectivity index (χ4v) is 12.8. The molecule has 0 fully saturated rings. The van der Waals surface area contributed by atoms with Gasteiger partial charge in [-0.3, -0.25) is 0 Å². The van der Waals surface area contributed by atoms with Crippen LogP contribution >= 0.6 is 11.3 Å². The first-order valence-corrected chi connectivity index (χ1v) is 24.6. The van der Waals surface area contributed by atoms with Crippen molar-refractivity contribution in [3.05, 3.63) is 247 Å². The molecule has 0 atom stereocenters. The summed E-state index contributed by atoms with van der Waals surface area (Å²) in [6.07, 6.45) is 0. The maximum atomic E-state index is 2.47. The number of thiophene rings is 1. The standard InChI is InChI=1S/C66H49NS/c1-65(2)57-22-13-11-21-53(57)63-59(65)23-15-24-60(63)67(50-34-28-44(29-35-50)47-30-36-52-51-20-12-14-25-61(51)68-62(52)41-47)49-32-26-43(27-33-49)46-31-37-58-55(38-46)56-40-48(42-16-7-5-8-17-42)39-54(64(56)66(58,3)4)45-18-9-6-10-19-45/h5-41H,1-4H3. The molecule has 0 spiro atoms. The highest BCUT2D eigenvalue weighted by atomic mass is 32.1. The molecule has 0 bridgehead atoms. The summed E-state index contributed by atoms with van der Waals surface area (Å²) in [6, 6.07) is 83.7. The van der Waals surface area contributed by atoms with E-state index in [1.54, 1.807) is 0 Å². The molecule has 0 radical (unpaired) electrons. The Hall–Kier alpha value is -7.78. The van der Waals surface area contributed by atoms with Crippen LogP contribution in [0.5, 0.6) is 0 Å². The predicted molar refractivity (Wildman–Crippen MR) is 291 cm³/mol. The molecule has 0 aliphatic heterocycles. The van der Waals surface area contributed by atoms with Gasteiger partial charge in [-0.05, 0) is 144 Å². The van der Waals surface area contributed by atoms with Crippen molar-refractivity contribution in [3.8, 4) is 66.8 Å². The summed E-state index contributed by atoms with van der Waals surface area (Å²) in [5.74, 6) is 0. The first-order valence-electron chi connectivity index (χ1n) is 23.8. The SMILES string of the molecule is CC1(C)c2ccccc2-c2c(N(c3ccc(-c4ccc5c(c4)-c4cc(-c6ccccc6)cc(-c6ccccc6)c4C5(C)C)cc3)c3ccc(-c4ccc5c(c4)sc4ccccc45)cc3)cccc21. The number of fused-ring (bicyclic) bond motifs is 9. The highest BCUT2D eigenvalue weighted by Crippen LogP contribution is 2.56. The van der Waals surface area contributed by atoms with Crippen molar-refractivity contribution in [2.24, 2.45) is 0 Å². The lowest BCUT2D eigenvalue weighted by molar-refractivity contribution is 0.660. The van der Waals surface area contributed by atoms with Gasteiger partial charge < -0.3 is 4.90 Å². The molecule has 2 heteroatoms. The van der Waals surface area contributed by atoms with Crippen molar-refractivity contribution in [1.29, 1.82) is 0 Å². The van der Waals surface area contributed by atoms with Crippen LogP contribution in [0.4, 0.5) is 17.1 Å². The molecule has 10 aromatic carbocycles. The summed E-state index contributed by atoms with van der Waals surface area (Å²) in [7, 11) is 0. The Bertz CT molecular complexity index is 3760. The largest absolute Gasteiger partial charge is 0.310 e. The van der Waals surface area contributed by atoms with Gasteiger partial charge in [-0.25, -0.2) is 0 Å². The van der Waals surface area contributed by atoms with Crippen molar-refractivity contribution in [3.63, 3.8) is 0 Å². The van der Waals surface area contributed by atoms with Gasteiger partial charge in [0.2, 0.25) is 0 Å². The summed E-state index contributed by atoms with van der Waals surface area (Å²) < 4.78 is 2.65. The van der Waals surface area contributed by atoms with Gasteiger partial charge in [0.15, 0.2) is 0 Å². The van der Waals surface area contributed by atoms with Gasteiger partial charge >= 0.3 is 0 Å². The Morgan fingerprint density at radius 1 is 0.324 bits per heavy atom. The number of nitrogens with zero attached hydrogens (tertiary/aromatic N) is 1. The minimum atomic E-state index is -0.169. The molecular weight excluding hydrogens is 839 g/mol. The van der Waals surface area contributed by atoms with Gasteiger partial charge in [-0.15, -0.1) is 11.3 Å². The topological polar surface area (TPSA) is 3.24 Å². The second-order valence-corrected chi connectivity index (χ2v) is 20.8. The Balaban J connectivity index is 0.920. The van der Waals surface area contributed by atoms with E-state index < -0.39 is 0 Å². The second kappa shape index (κ2) is 15.4. The molecule has 0 N–H and O–H groups in total. The van der Waals surface area contributed by atoms with E-state index in [9.17, 15) is 0 Å². The van der Waals surface area contributed by atoms with Crippen LogP contribution in [-0.2, 0) is 10.8 Å². The molecule has 0 saturated heterocycles. The molecule has 1 heterocycles. The Labute approximate surface area is 403 Å². The van der Waals surface area contributed by atoms with Crippen molar-refractivity contribution in [1.82, 2.24) is 0 Å². The zero-order valence-corrected chi connectivity index (χ0v) is 39.5. The minimum absolute atomic E-state index is 0.114. The van der Waals surface area contributed by atoms with Gasteiger partial charge in [-0.2, -0.15) is 0 Å². The number of anilines is 3. The van der Waals surface area contributed by atoms with E-state index in [0.717, 1.165) is 11.4 Å². The van der Waals surface area contributed by atoms with Crippen LogP contribution in [-0.4, -0.2) is 0 Å². The third-order valence-electron chi connectivity index (χ3n) is 15.1. The van der Waals surface area contributed by atoms with Gasteiger partial charge in [0, 0.05) is 47.9 Å². The van der Waals surface area contributed by atoms with Crippen LogP contribution in [0.3, 0.4) is 0 Å². The van der Waals surface area contributed by atoms with Crippen LogP contribution in [0, 0.1) is 0 Å². The smallest absolute Gasteiger partial charge is 0.0543 e. The summed E-state index contributed by atoms with van der Waals surface area (Å²) in [4.78, 5) is 2.47. The first kappa shape index (κ1) is 40.5. The maximum absolute atomic E-state index is 2.47. The van der Waals surface area contributed by atoms with E-state index in [1.807, 2.05) is 11.3 Å². The lowest BCUT2D eigenvalue weighted by Crippen LogP contribution is -2.16. The van der Waals surface area contributed by atoms with Crippen LogP contribution in [0.2, 0.25) is 0 Å². The lowest BCUT2D eigenvalue weighted by atomic mass is 9.78. The zero-order valence-electron chi connectivity index (χ0n) is 38.7. The third kappa shape index (κ3) is 6.28. The summed E-state index contributed by atoms with van der Waals surface area (Å²) >= 11 is 1.87. The molecule has 324 valence electrons. The van der Waals surface area contributed by atoms with E-state index in [-0.39, 0.29) is 10.8 Å². The van der Waals surface area contributed by atoms with Gasteiger partial charge in [-0.1, -0.05) is 191 Å².